The van der Waals surface area contributed by atoms with E-state index in [0.717, 1.165) is 17.8 Å². The molecule has 18 heavy (non-hydrogen) atoms. The van der Waals surface area contributed by atoms with Gasteiger partial charge in [-0.2, -0.15) is 0 Å². The molecule has 0 saturated heterocycles. The molecule has 1 atom stereocenters. The molecule has 1 heterocycles. The number of urea groups is 1. The fourth-order valence-corrected chi connectivity index (χ4v) is 2.73. The normalized spacial score (nSPS) is 16.8. The van der Waals surface area contributed by atoms with E-state index >= 15 is 0 Å². The molecule has 1 unspecified atom stereocenters. The highest BCUT2D eigenvalue weighted by Gasteiger charge is 2.14. The van der Waals surface area contributed by atoms with Crippen molar-refractivity contribution < 1.29 is 4.79 Å². The number of nitrogens with one attached hydrogen (secondary N) is 2. The lowest BCUT2D eigenvalue weighted by Gasteiger charge is -2.14. The van der Waals surface area contributed by atoms with Crippen LogP contribution in [0.3, 0.4) is 0 Å². The van der Waals surface area contributed by atoms with Crippen molar-refractivity contribution in [2.45, 2.75) is 38.6 Å². The number of carbonyl (C=O) groups excluding carboxylic acids is 1. The lowest BCUT2D eigenvalue weighted by molar-refractivity contribution is 0.237. The molecule has 0 saturated carbocycles. The molecular weight excluding hydrogens is 246 g/mol. The minimum absolute atomic E-state index is 0.0798. The van der Waals surface area contributed by atoms with Gasteiger partial charge in [0.1, 0.15) is 0 Å². The largest absolute Gasteiger partial charge is 0.337 e. The quantitative estimate of drug-likeness (QED) is 0.822. The van der Waals surface area contributed by atoms with E-state index in [9.17, 15) is 4.79 Å². The van der Waals surface area contributed by atoms with Gasteiger partial charge in [0.25, 0.3) is 0 Å². The number of carbonyl (C=O) groups is 1. The third kappa shape index (κ3) is 3.57. The standard InChI is InChI=1S/C13H19N3OS/c1-9(12-14-8-10(2)18-12)7-15-13(17)16-11-5-3-4-6-11/h3-4,8-9,11H,5-7H2,1-2H3,(H2,15,16,17). The van der Waals surface area contributed by atoms with Gasteiger partial charge in [-0.1, -0.05) is 19.1 Å². The zero-order valence-corrected chi connectivity index (χ0v) is 11.6. The topological polar surface area (TPSA) is 54.0 Å². The molecule has 1 aromatic rings. The first-order valence-corrected chi connectivity index (χ1v) is 7.08. The number of aromatic nitrogens is 1. The Bertz CT molecular complexity index is 433. The molecule has 2 N–H and O–H groups in total. The maximum Gasteiger partial charge on any atom is 0.315 e. The molecule has 4 nitrogen and oxygen atoms in total. The molecule has 1 aromatic heterocycles. The Morgan fingerprint density at radius 3 is 2.89 bits per heavy atom. The van der Waals surface area contributed by atoms with E-state index in [0.29, 0.717) is 6.54 Å². The highest BCUT2D eigenvalue weighted by Crippen LogP contribution is 2.20. The third-order valence-electron chi connectivity index (χ3n) is 2.97. The van der Waals surface area contributed by atoms with Gasteiger partial charge in [-0.25, -0.2) is 9.78 Å². The van der Waals surface area contributed by atoms with E-state index in [1.807, 2.05) is 13.1 Å². The Kier molecular flexibility index (Phi) is 4.36. The summed E-state index contributed by atoms with van der Waals surface area (Å²) in [5.74, 6) is 0.260. The Morgan fingerprint density at radius 1 is 1.56 bits per heavy atom. The van der Waals surface area contributed by atoms with Gasteiger partial charge in [0.2, 0.25) is 0 Å². The molecular formula is C13H19N3OS. The van der Waals surface area contributed by atoms with Gasteiger partial charge in [-0.05, 0) is 19.8 Å². The van der Waals surface area contributed by atoms with Crippen molar-refractivity contribution in [2.75, 3.05) is 6.54 Å². The zero-order valence-electron chi connectivity index (χ0n) is 10.8. The molecule has 0 aliphatic heterocycles. The molecule has 0 aromatic carbocycles. The molecule has 1 aliphatic carbocycles. The number of amides is 2. The summed E-state index contributed by atoms with van der Waals surface area (Å²) in [6, 6.07) is 0.186. The maximum absolute atomic E-state index is 11.7. The minimum atomic E-state index is -0.0798. The summed E-state index contributed by atoms with van der Waals surface area (Å²) in [7, 11) is 0. The van der Waals surface area contributed by atoms with E-state index in [4.69, 9.17) is 0 Å². The fraction of sp³-hybridized carbons (Fsp3) is 0.538. The van der Waals surface area contributed by atoms with Crippen LogP contribution >= 0.6 is 11.3 Å². The molecule has 0 bridgehead atoms. The second-order valence-electron chi connectivity index (χ2n) is 4.70. The van der Waals surface area contributed by atoms with Crippen molar-refractivity contribution in [1.82, 2.24) is 15.6 Å². The second-order valence-corrected chi connectivity index (χ2v) is 5.97. The number of hydrogen-bond donors (Lipinski definition) is 2. The number of rotatable bonds is 4. The third-order valence-corrected chi connectivity index (χ3v) is 4.12. The van der Waals surface area contributed by atoms with Crippen molar-refractivity contribution in [3.63, 3.8) is 0 Å². The molecule has 98 valence electrons. The first-order chi connectivity index (χ1) is 8.65. The Balaban J connectivity index is 1.72. The molecule has 2 amide bonds. The number of hydrogen-bond acceptors (Lipinski definition) is 3. The van der Waals surface area contributed by atoms with Crippen LogP contribution in [0.25, 0.3) is 0 Å². The predicted molar refractivity (Wildman–Crippen MR) is 74.0 cm³/mol. The van der Waals surface area contributed by atoms with Gasteiger partial charge in [0, 0.05) is 29.6 Å². The van der Waals surface area contributed by atoms with Crippen LogP contribution in [0.4, 0.5) is 4.79 Å². The van der Waals surface area contributed by atoms with Gasteiger partial charge >= 0.3 is 6.03 Å². The van der Waals surface area contributed by atoms with E-state index < -0.39 is 0 Å². The fourth-order valence-electron chi connectivity index (χ4n) is 1.90. The minimum Gasteiger partial charge on any atom is -0.337 e. The average Bonchev–Trinajstić information content (AvgIpc) is 2.97. The number of nitrogens with zero attached hydrogens (tertiary/aromatic N) is 1. The van der Waals surface area contributed by atoms with Crippen LogP contribution in [-0.4, -0.2) is 23.6 Å². The summed E-state index contributed by atoms with van der Waals surface area (Å²) >= 11 is 1.69. The monoisotopic (exact) mass is 265 g/mol. The second kappa shape index (κ2) is 6.00. The van der Waals surface area contributed by atoms with E-state index in [2.05, 4.69) is 34.7 Å². The van der Waals surface area contributed by atoms with Crippen LogP contribution in [0, 0.1) is 6.92 Å². The molecule has 0 fully saturated rings. The van der Waals surface area contributed by atoms with E-state index in [1.165, 1.54) is 4.88 Å². The van der Waals surface area contributed by atoms with Crippen LogP contribution in [0.1, 0.15) is 35.6 Å². The molecule has 2 rings (SSSR count). The average molecular weight is 265 g/mol. The van der Waals surface area contributed by atoms with Gasteiger partial charge < -0.3 is 10.6 Å². The first kappa shape index (κ1) is 13.1. The highest BCUT2D eigenvalue weighted by atomic mass is 32.1. The van der Waals surface area contributed by atoms with Gasteiger partial charge in [0.05, 0.1) is 5.01 Å². The Labute approximate surface area is 112 Å². The Hall–Kier alpha value is -1.36. The summed E-state index contributed by atoms with van der Waals surface area (Å²) in [6.45, 7) is 4.75. The number of thiazole rings is 1. The zero-order chi connectivity index (χ0) is 13.0. The summed E-state index contributed by atoms with van der Waals surface area (Å²) < 4.78 is 0. The summed E-state index contributed by atoms with van der Waals surface area (Å²) in [4.78, 5) is 17.2. The molecule has 0 radical (unpaired) electrons. The maximum atomic E-state index is 11.7. The van der Waals surface area contributed by atoms with Gasteiger partial charge in [-0.3, -0.25) is 0 Å². The van der Waals surface area contributed by atoms with Crippen molar-refractivity contribution in [3.05, 3.63) is 28.2 Å². The first-order valence-electron chi connectivity index (χ1n) is 6.27. The van der Waals surface area contributed by atoms with Crippen LogP contribution in [0.2, 0.25) is 0 Å². The van der Waals surface area contributed by atoms with Crippen LogP contribution < -0.4 is 10.6 Å². The van der Waals surface area contributed by atoms with Crippen molar-refractivity contribution in [3.8, 4) is 0 Å². The van der Waals surface area contributed by atoms with Crippen molar-refractivity contribution >= 4 is 17.4 Å². The van der Waals surface area contributed by atoms with Crippen molar-refractivity contribution in [1.29, 1.82) is 0 Å². The van der Waals surface area contributed by atoms with Crippen LogP contribution in [0.15, 0.2) is 18.3 Å². The lowest BCUT2D eigenvalue weighted by atomic mass is 10.2. The van der Waals surface area contributed by atoms with Crippen LogP contribution in [-0.2, 0) is 0 Å². The van der Waals surface area contributed by atoms with Gasteiger partial charge in [-0.15, -0.1) is 11.3 Å². The molecule has 5 heteroatoms. The van der Waals surface area contributed by atoms with E-state index in [-0.39, 0.29) is 18.0 Å². The molecule has 0 spiro atoms. The van der Waals surface area contributed by atoms with E-state index in [1.54, 1.807) is 11.3 Å². The van der Waals surface area contributed by atoms with Gasteiger partial charge in [0.15, 0.2) is 0 Å². The SMILES string of the molecule is Cc1cnc(C(C)CNC(=O)NC2CC=CC2)s1. The van der Waals surface area contributed by atoms with Crippen molar-refractivity contribution in [2.24, 2.45) is 0 Å². The smallest absolute Gasteiger partial charge is 0.315 e. The molecule has 1 aliphatic rings. The predicted octanol–water partition coefficient (Wildman–Crippen LogP) is 2.57. The summed E-state index contributed by atoms with van der Waals surface area (Å²) in [5.41, 5.74) is 0. The Morgan fingerprint density at radius 2 is 2.28 bits per heavy atom. The summed E-state index contributed by atoms with van der Waals surface area (Å²) in [5, 5.41) is 6.95. The lowest BCUT2D eigenvalue weighted by Crippen LogP contribution is -2.42. The highest BCUT2D eigenvalue weighted by molar-refractivity contribution is 7.11. The number of aryl methyl sites for hydroxylation is 1. The summed E-state index contributed by atoms with van der Waals surface area (Å²) in [6.07, 6.45) is 7.96. The van der Waals surface area contributed by atoms with Crippen LogP contribution in [0.5, 0.6) is 0 Å².